The number of aromatic amines is 1. The number of hydrogen-bond acceptors (Lipinski definition) is 2. The SMILES string of the molecule is CC(C)(N)c1cnc[nH]1. The van der Waals surface area contributed by atoms with Gasteiger partial charge in [0.05, 0.1) is 17.6 Å². The molecular weight excluding hydrogens is 114 g/mol. The summed E-state index contributed by atoms with van der Waals surface area (Å²) >= 11 is 0. The second kappa shape index (κ2) is 1.84. The number of hydrogen-bond donors (Lipinski definition) is 2. The Morgan fingerprint density at radius 3 is 2.56 bits per heavy atom. The van der Waals surface area contributed by atoms with Gasteiger partial charge in [-0.2, -0.15) is 0 Å². The van der Waals surface area contributed by atoms with Gasteiger partial charge in [-0.05, 0) is 13.8 Å². The van der Waals surface area contributed by atoms with Crippen molar-refractivity contribution in [3.63, 3.8) is 0 Å². The Balaban J connectivity index is 2.90. The van der Waals surface area contributed by atoms with Crippen molar-refractivity contribution in [2.75, 3.05) is 0 Å². The van der Waals surface area contributed by atoms with Crippen LogP contribution in [0.4, 0.5) is 0 Å². The van der Waals surface area contributed by atoms with E-state index in [0.717, 1.165) is 5.69 Å². The highest BCUT2D eigenvalue weighted by Gasteiger charge is 2.14. The zero-order chi connectivity index (χ0) is 6.91. The van der Waals surface area contributed by atoms with Gasteiger partial charge in [0, 0.05) is 6.20 Å². The van der Waals surface area contributed by atoms with E-state index in [1.165, 1.54) is 0 Å². The number of H-pyrrole nitrogens is 1. The van der Waals surface area contributed by atoms with Crippen LogP contribution in [0.25, 0.3) is 0 Å². The number of rotatable bonds is 1. The first-order valence-electron chi connectivity index (χ1n) is 2.88. The molecule has 0 saturated carbocycles. The third-order valence-corrected chi connectivity index (χ3v) is 1.19. The van der Waals surface area contributed by atoms with Crippen molar-refractivity contribution in [3.05, 3.63) is 18.2 Å². The third-order valence-electron chi connectivity index (χ3n) is 1.19. The second-order valence-electron chi connectivity index (χ2n) is 2.69. The average Bonchev–Trinajstić information content (AvgIpc) is 2.08. The van der Waals surface area contributed by atoms with Gasteiger partial charge in [-0.25, -0.2) is 4.98 Å². The van der Waals surface area contributed by atoms with Gasteiger partial charge in [-0.3, -0.25) is 0 Å². The van der Waals surface area contributed by atoms with Crippen LogP contribution >= 0.6 is 0 Å². The van der Waals surface area contributed by atoms with Gasteiger partial charge in [-0.1, -0.05) is 0 Å². The molecule has 0 aliphatic rings. The number of nitrogens with one attached hydrogen (secondary N) is 1. The molecule has 0 saturated heterocycles. The summed E-state index contributed by atoms with van der Waals surface area (Å²) in [7, 11) is 0. The molecule has 0 unspecified atom stereocenters. The molecule has 1 heterocycles. The van der Waals surface area contributed by atoms with Crippen LogP contribution in [0.5, 0.6) is 0 Å². The Hall–Kier alpha value is -0.830. The fourth-order valence-corrected chi connectivity index (χ4v) is 0.608. The summed E-state index contributed by atoms with van der Waals surface area (Å²) in [6.45, 7) is 3.86. The first-order valence-corrected chi connectivity index (χ1v) is 2.88. The van der Waals surface area contributed by atoms with Crippen LogP contribution in [0.2, 0.25) is 0 Å². The molecule has 3 nitrogen and oxygen atoms in total. The summed E-state index contributed by atoms with van der Waals surface area (Å²) in [6, 6.07) is 0. The average molecular weight is 125 g/mol. The fourth-order valence-electron chi connectivity index (χ4n) is 0.608. The van der Waals surface area contributed by atoms with Crippen molar-refractivity contribution in [2.24, 2.45) is 5.73 Å². The standard InChI is InChI=1S/C6H11N3/c1-6(2,7)5-3-8-4-9-5/h3-4H,7H2,1-2H3,(H,8,9). The van der Waals surface area contributed by atoms with Crippen LogP contribution in [-0.2, 0) is 5.54 Å². The van der Waals surface area contributed by atoms with E-state index in [-0.39, 0.29) is 5.54 Å². The molecule has 3 heteroatoms. The summed E-state index contributed by atoms with van der Waals surface area (Å²) in [5.41, 5.74) is 6.40. The van der Waals surface area contributed by atoms with E-state index in [1.54, 1.807) is 12.5 Å². The molecule has 1 aromatic rings. The number of aromatic nitrogens is 2. The summed E-state index contributed by atoms with van der Waals surface area (Å²) in [4.78, 5) is 6.79. The molecule has 50 valence electrons. The van der Waals surface area contributed by atoms with Crippen LogP contribution in [0, 0.1) is 0 Å². The maximum Gasteiger partial charge on any atom is 0.0922 e. The van der Waals surface area contributed by atoms with Crippen molar-refractivity contribution >= 4 is 0 Å². The van der Waals surface area contributed by atoms with E-state index >= 15 is 0 Å². The largest absolute Gasteiger partial charge is 0.347 e. The molecule has 0 bridgehead atoms. The lowest BCUT2D eigenvalue weighted by Gasteiger charge is -2.14. The quantitative estimate of drug-likeness (QED) is 0.577. The van der Waals surface area contributed by atoms with E-state index in [0.29, 0.717) is 0 Å². The van der Waals surface area contributed by atoms with Gasteiger partial charge in [0.15, 0.2) is 0 Å². The number of nitrogens with two attached hydrogens (primary N) is 1. The number of imidazole rings is 1. The normalized spacial score (nSPS) is 11.9. The monoisotopic (exact) mass is 125 g/mol. The molecular formula is C6H11N3. The van der Waals surface area contributed by atoms with Crippen molar-refractivity contribution < 1.29 is 0 Å². The van der Waals surface area contributed by atoms with Crippen LogP contribution in [0.3, 0.4) is 0 Å². The molecule has 0 amide bonds. The molecule has 0 aromatic carbocycles. The maximum absolute atomic E-state index is 5.73. The minimum Gasteiger partial charge on any atom is -0.347 e. The lowest BCUT2D eigenvalue weighted by Crippen LogP contribution is -2.28. The molecule has 1 aromatic heterocycles. The first kappa shape index (κ1) is 6.29. The van der Waals surface area contributed by atoms with Crippen LogP contribution in [0.1, 0.15) is 19.5 Å². The predicted molar refractivity (Wildman–Crippen MR) is 35.8 cm³/mol. The van der Waals surface area contributed by atoms with Gasteiger partial charge < -0.3 is 10.7 Å². The Kier molecular flexibility index (Phi) is 1.29. The van der Waals surface area contributed by atoms with Crippen molar-refractivity contribution in [1.29, 1.82) is 0 Å². The van der Waals surface area contributed by atoms with Gasteiger partial charge in [-0.15, -0.1) is 0 Å². The summed E-state index contributed by atoms with van der Waals surface area (Å²) in [6.07, 6.45) is 3.37. The Labute approximate surface area is 54.3 Å². The Bertz CT molecular complexity index is 171. The van der Waals surface area contributed by atoms with Crippen LogP contribution in [0.15, 0.2) is 12.5 Å². The Morgan fingerprint density at radius 1 is 1.67 bits per heavy atom. The van der Waals surface area contributed by atoms with Gasteiger partial charge in [0.1, 0.15) is 0 Å². The lowest BCUT2D eigenvalue weighted by molar-refractivity contribution is 0.538. The zero-order valence-electron chi connectivity index (χ0n) is 5.68. The fraction of sp³-hybridized carbons (Fsp3) is 0.500. The summed E-state index contributed by atoms with van der Waals surface area (Å²) in [5.74, 6) is 0. The molecule has 0 atom stereocenters. The lowest BCUT2D eigenvalue weighted by atomic mass is 10.0. The highest BCUT2D eigenvalue weighted by atomic mass is 14.9. The molecule has 1 rings (SSSR count). The number of nitrogens with zero attached hydrogens (tertiary/aromatic N) is 1. The summed E-state index contributed by atoms with van der Waals surface area (Å²) in [5, 5.41) is 0. The zero-order valence-corrected chi connectivity index (χ0v) is 5.68. The van der Waals surface area contributed by atoms with E-state index in [1.807, 2.05) is 13.8 Å². The van der Waals surface area contributed by atoms with Crippen molar-refractivity contribution in [3.8, 4) is 0 Å². The predicted octanol–water partition coefficient (Wildman–Crippen LogP) is 0.604. The third kappa shape index (κ3) is 1.29. The van der Waals surface area contributed by atoms with Gasteiger partial charge in [0.2, 0.25) is 0 Å². The molecule has 3 N–H and O–H groups in total. The van der Waals surface area contributed by atoms with Gasteiger partial charge in [0.25, 0.3) is 0 Å². The molecule has 0 spiro atoms. The minimum atomic E-state index is -0.295. The molecule has 0 aliphatic carbocycles. The second-order valence-corrected chi connectivity index (χ2v) is 2.69. The van der Waals surface area contributed by atoms with E-state index in [2.05, 4.69) is 9.97 Å². The molecule has 0 fully saturated rings. The highest BCUT2D eigenvalue weighted by molar-refractivity contribution is 5.06. The van der Waals surface area contributed by atoms with Gasteiger partial charge >= 0.3 is 0 Å². The van der Waals surface area contributed by atoms with Crippen molar-refractivity contribution in [1.82, 2.24) is 9.97 Å². The molecule has 0 radical (unpaired) electrons. The van der Waals surface area contributed by atoms with E-state index < -0.39 is 0 Å². The molecule has 0 aliphatic heterocycles. The van der Waals surface area contributed by atoms with E-state index in [4.69, 9.17) is 5.73 Å². The highest BCUT2D eigenvalue weighted by Crippen LogP contribution is 2.11. The first-order chi connectivity index (χ1) is 4.11. The maximum atomic E-state index is 5.73. The molecule has 9 heavy (non-hydrogen) atoms. The topological polar surface area (TPSA) is 54.7 Å². The smallest absolute Gasteiger partial charge is 0.0922 e. The van der Waals surface area contributed by atoms with Crippen LogP contribution < -0.4 is 5.73 Å². The van der Waals surface area contributed by atoms with Crippen molar-refractivity contribution in [2.45, 2.75) is 19.4 Å². The van der Waals surface area contributed by atoms with E-state index in [9.17, 15) is 0 Å². The summed E-state index contributed by atoms with van der Waals surface area (Å²) < 4.78 is 0. The minimum absolute atomic E-state index is 0.295. The van der Waals surface area contributed by atoms with Crippen LogP contribution in [-0.4, -0.2) is 9.97 Å². The Morgan fingerprint density at radius 2 is 2.33 bits per heavy atom.